The van der Waals surface area contributed by atoms with E-state index in [4.69, 9.17) is 10.2 Å². The third-order valence-electron chi connectivity index (χ3n) is 2.96. The Hall–Kier alpha value is -0.710. The third-order valence-corrected chi connectivity index (χ3v) is 4.43. The normalized spacial score (nSPS) is 29.9. The minimum absolute atomic E-state index is 0.0871. The van der Waals surface area contributed by atoms with Crippen LogP contribution in [-0.4, -0.2) is 32.1 Å². The molecule has 0 aromatic rings. The molecule has 0 spiro atoms. The van der Waals surface area contributed by atoms with Gasteiger partial charge in [0.25, 0.3) is 0 Å². The molecular formula is C12H20O4S. The largest absolute Gasteiger partial charge is 0.481 e. The first kappa shape index (κ1) is 14.4. The molecule has 1 rings (SSSR count). The van der Waals surface area contributed by atoms with E-state index in [1.807, 2.05) is 0 Å². The Bertz CT molecular complexity index is 308. The van der Waals surface area contributed by atoms with Crippen molar-refractivity contribution in [2.45, 2.75) is 50.0 Å². The van der Waals surface area contributed by atoms with Crippen LogP contribution in [0.2, 0.25) is 0 Å². The Morgan fingerprint density at radius 2 is 1.59 bits per heavy atom. The van der Waals surface area contributed by atoms with E-state index < -0.39 is 23.8 Å². The van der Waals surface area contributed by atoms with E-state index in [2.05, 4.69) is 20.8 Å². The first-order valence-corrected chi connectivity index (χ1v) is 6.72. The van der Waals surface area contributed by atoms with Crippen molar-refractivity contribution in [3.8, 4) is 0 Å². The molecule has 98 valence electrons. The minimum atomic E-state index is -0.975. The SMILES string of the molecule is CC(C)(C)SC1CCC(C(=O)O)C(C(=O)O)C1. The zero-order valence-electron chi connectivity index (χ0n) is 10.5. The summed E-state index contributed by atoms with van der Waals surface area (Å²) in [6.45, 7) is 6.28. The molecule has 4 nitrogen and oxygen atoms in total. The maximum Gasteiger partial charge on any atom is 0.307 e. The minimum Gasteiger partial charge on any atom is -0.481 e. The second-order valence-corrected chi connectivity index (χ2v) is 7.68. The van der Waals surface area contributed by atoms with Crippen LogP contribution in [0.4, 0.5) is 0 Å². The van der Waals surface area contributed by atoms with Crippen LogP contribution in [0.1, 0.15) is 40.0 Å². The molecule has 0 saturated heterocycles. The average Bonchev–Trinajstić information content (AvgIpc) is 2.14. The van der Waals surface area contributed by atoms with Crippen LogP contribution >= 0.6 is 11.8 Å². The van der Waals surface area contributed by atoms with Crippen LogP contribution in [-0.2, 0) is 9.59 Å². The van der Waals surface area contributed by atoms with Crippen molar-refractivity contribution in [1.82, 2.24) is 0 Å². The van der Waals surface area contributed by atoms with E-state index in [1.165, 1.54) is 0 Å². The van der Waals surface area contributed by atoms with Crippen LogP contribution in [0.15, 0.2) is 0 Å². The Morgan fingerprint density at radius 3 is 2.00 bits per heavy atom. The Morgan fingerprint density at radius 1 is 1.06 bits per heavy atom. The predicted octanol–water partition coefficient (Wildman–Crippen LogP) is 2.47. The number of hydrogen-bond donors (Lipinski definition) is 2. The highest BCUT2D eigenvalue weighted by Crippen LogP contribution is 2.41. The van der Waals surface area contributed by atoms with Gasteiger partial charge in [0.05, 0.1) is 11.8 Å². The summed E-state index contributed by atoms with van der Waals surface area (Å²) in [5, 5.41) is 18.4. The molecule has 0 heterocycles. The summed E-state index contributed by atoms with van der Waals surface area (Å²) < 4.78 is 0.0871. The third kappa shape index (κ3) is 4.22. The summed E-state index contributed by atoms with van der Waals surface area (Å²) in [6, 6.07) is 0. The van der Waals surface area contributed by atoms with Crippen LogP contribution in [0, 0.1) is 11.8 Å². The molecule has 0 amide bonds. The molecule has 3 unspecified atom stereocenters. The Labute approximate surface area is 106 Å². The van der Waals surface area contributed by atoms with Crippen LogP contribution < -0.4 is 0 Å². The zero-order chi connectivity index (χ0) is 13.2. The number of thioether (sulfide) groups is 1. The van der Waals surface area contributed by atoms with Gasteiger partial charge in [0.2, 0.25) is 0 Å². The van der Waals surface area contributed by atoms with Crippen molar-refractivity contribution < 1.29 is 19.8 Å². The average molecular weight is 260 g/mol. The maximum atomic E-state index is 11.1. The molecule has 0 aliphatic heterocycles. The molecule has 1 aliphatic rings. The molecule has 1 aliphatic carbocycles. The summed E-state index contributed by atoms with van der Waals surface area (Å²) >= 11 is 1.76. The van der Waals surface area contributed by atoms with Crippen molar-refractivity contribution in [2.24, 2.45) is 11.8 Å². The molecule has 1 fully saturated rings. The molecule has 17 heavy (non-hydrogen) atoms. The van der Waals surface area contributed by atoms with Crippen LogP contribution in [0.3, 0.4) is 0 Å². The van der Waals surface area contributed by atoms with Crippen LogP contribution in [0.25, 0.3) is 0 Å². The van der Waals surface area contributed by atoms with Gasteiger partial charge in [-0.25, -0.2) is 0 Å². The summed E-state index contributed by atoms with van der Waals surface area (Å²) in [4.78, 5) is 22.1. The lowest BCUT2D eigenvalue weighted by Crippen LogP contribution is -2.37. The standard InChI is InChI=1S/C12H20O4S/c1-12(2,3)17-7-4-5-8(10(13)14)9(6-7)11(15)16/h7-9H,4-6H2,1-3H3,(H,13,14)(H,15,16). The van der Waals surface area contributed by atoms with Gasteiger partial charge in [-0.05, 0) is 19.3 Å². The fourth-order valence-electron chi connectivity index (χ4n) is 2.31. The second kappa shape index (κ2) is 5.29. The van der Waals surface area contributed by atoms with Gasteiger partial charge in [0.1, 0.15) is 0 Å². The topological polar surface area (TPSA) is 74.6 Å². The summed E-state index contributed by atoms with van der Waals surface area (Å²) in [5.74, 6) is -3.40. The molecule has 0 aromatic carbocycles. The fraction of sp³-hybridized carbons (Fsp3) is 0.833. The smallest absolute Gasteiger partial charge is 0.307 e. The molecule has 5 heteroatoms. The lowest BCUT2D eigenvalue weighted by Gasteiger charge is -2.34. The van der Waals surface area contributed by atoms with Crippen molar-refractivity contribution in [2.75, 3.05) is 0 Å². The Balaban J connectivity index is 2.69. The molecular weight excluding hydrogens is 240 g/mol. The molecule has 1 saturated carbocycles. The van der Waals surface area contributed by atoms with Crippen LogP contribution in [0.5, 0.6) is 0 Å². The quantitative estimate of drug-likeness (QED) is 0.815. The monoisotopic (exact) mass is 260 g/mol. The van der Waals surface area contributed by atoms with E-state index in [1.54, 1.807) is 11.8 Å². The van der Waals surface area contributed by atoms with E-state index in [0.29, 0.717) is 12.8 Å². The van der Waals surface area contributed by atoms with Gasteiger partial charge in [-0.15, -0.1) is 0 Å². The molecule has 0 bridgehead atoms. The second-order valence-electron chi connectivity index (χ2n) is 5.55. The Kier molecular flexibility index (Phi) is 4.47. The van der Waals surface area contributed by atoms with E-state index >= 15 is 0 Å². The first-order chi connectivity index (χ1) is 7.70. The molecule has 0 radical (unpaired) electrons. The van der Waals surface area contributed by atoms with Crippen molar-refractivity contribution in [1.29, 1.82) is 0 Å². The highest BCUT2D eigenvalue weighted by atomic mass is 32.2. The first-order valence-electron chi connectivity index (χ1n) is 5.84. The number of rotatable bonds is 3. The summed E-state index contributed by atoms with van der Waals surface area (Å²) in [7, 11) is 0. The van der Waals surface area contributed by atoms with Gasteiger partial charge in [-0.3, -0.25) is 9.59 Å². The van der Waals surface area contributed by atoms with Gasteiger partial charge >= 0.3 is 11.9 Å². The molecule has 2 N–H and O–H groups in total. The maximum absolute atomic E-state index is 11.1. The zero-order valence-corrected chi connectivity index (χ0v) is 11.3. The van der Waals surface area contributed by atoms with E-state index in [9.17, 15) is 9.59 Å². The van der Waals surface area contributed by atoms with Gasteiger partial charge in [0, 0.05) is 10.00 Å². The number of carboxylic acids is 2. The predicted molar refractivity (Wildman–Crippen MR) is 67.2 cm³/mol. The van der Waals surface area contributed by atoms with E-state index in [-0.39, 0.29) is 10.00 Å². The van der Waals surface area contributed by atoms with Gasteiger partial charge in [0.15, 0.2) is 0 Å². The molecule has 3 atom stereocenters. The number of carbonyl (C=O) groups is 2. The lowest BCUT2D eigenvalue weighted by molar-refractivity contribution is -0.155. The number of aliphatic carboxylic acids is 2. The van der Waals surface area contributed by atoms with Gasteiger partial charge in [-0.1, -0.05) is 20.8 Å². The summed E-state index contributed by atoms with van der Waals surface area (Å²) in [5.41, 5.74) is 0. The van der Waals surface area contributed by atoms with Crippen molar-refractivity contribution in [3.63, 3.8) is 0 Å². The van der Waals surface area contributed by atoms with Crippen molar-refractivity contribution >= 4 is 23.7 Å². The van der Waals surface area contributed by atoms with E-state index in [0.717, 1.165) is 6.42 Å². The van der Waals surface area contributed by atoms with Crippen molar-refractivity contribution in [3.05, 3.63) is 0 Å². The highest BCUT2D eigenvalue weighted by molar-refractivity contribution is 8.01. The fourth-order valence-corrected chi connectivity index (χ4v) is 3.87. The van der Waals surface area contributed by atoms with Gasteiger partial charge in [-0.2, -0.15) is 11.8 Å². The number of carboxylic acid groups (broad SMARTS) is 2. The number of hydrogen-bond acceptors (Lipinski definition) is 3. The lowest BCUT2D eigenvalue weighted by atomic mass is 9.79. The highest BCUT2D eigenvalue weighted by Gasteiger charge is 2.40. The molecule has 0 aromatic heterocycles. The summed E-state index contributed by atoms with van der Waals surface area (Å²) in [6.07, 6.45) is 1.73. The van der Waals surface area contributed by atoms with Gasteiger partial charge < -0.3 is 10.2 Å².